The molecule has 2 atom stereocenters. The number of phenols is 1. The number of hydrazine groups is 1. The van der Waals surface area contributed by atoms with Crippen molar-refractivity contribution < 1.29 is 19.4 Å². The lowest BCUT2D eigenvalue weighted by atomic mass is 10.0. The van der Waals surface area contributed by atoms with Crippen molar-refractivity contribution >= 4 is 12.1 Å². The molecule has 3 aromatic carbocycles. The van der Waals surface area contributed by atoms with Gasteiger partial charge < -0.3 is 14.6 Å². The number of hydrogen-bond acceptors (Lipinski definition) is 7. The summed E-state index contributed by atoms with van der Waals surface area (Å²) in [6.07, 6.45) is 1.94. The second-order valence-electron chi connectivity index (χ2n) is 7.61. The van der Waals surface area contributed by atoms with Crippen LogP contribution in [0.4, 0.5) is 0 Å². The highest BCUT2D eigenvalue weighted by atomic mass is 16.5. The van der Waals surface area contributed by atoms with Crippen LogP contribution in [0.2, 0.25) is 0 Å². The first-order chi connectivity index (χ1) is 16.1. The van der Waals surface area contributed by atoms with Crippen molar-refractivity contribution in [3.8, 4) is 17.2 Å². The van der Waals surface area contributed by atoms with Crippen LogP contribution < -0.4 is 25.8 Å². The molecular formula is C25H26N4O4. The van der Waals surface area contributed by atoms with E-state index in [9.17, 15) is 9.90 Å². The largest absolute Gasteiger partial charge is 0.507 e. The molecule has 33 heavy (non-hydrogen) atoms. The maximum atomic E-state index is 12.5. The molecule has 0 spiro atoms. The van der Waals surface area contributed by atoms with Gasteiger partial charge in [0.05, 0.1) is 13.3 Å². The second kappa shape index (κ2) is 10.6. The summed E-state index contributed by atoms with van der Waals surface area (Å²) in [5, 5.41) is 13.7. The molecule has 1 saturated heterocycles. The molecule has 4 N–H and O–H groups in total. The molecule has 0 saturated carbocycles. The zero-order valence-corrected chi connectivity index (χ0v) is 18.2. The molecule has 3 aromatic rings. The average molecular weight is 447 g/mol. The quantitative estimate of drug-likeness (QED) is 0.313. The summed E-state index contributed by atoms with van der Waals surface area (Å²) < 4.78 is 11.4. The highest BCUT2D eigenvalue weighted by Crippen LogP contribution is 2.33. The number of methoxy groups -OCH3 is 1. The van der Waals surface area contributed by atoms with E-state index in [1.165, 1.54) is 6.21 Å². The third kappa shape index (κ3) is 5.68. The molecular weight excluding hydrogens is 420 g/mol. The Morgan fingerprint density at radius 1 is 1.09 bits per heavy atom. The summed E-state index contributed by atoms with van der Waals surface area (Å²) in [5.41, 5.74) is 11.2. The van der Waals surface area contributed by atoms with Gasteiger partial charge in [-0.05, 0) is 41.8 Å². The predicted octanol–water partition coefficient (Wildman–Crippen LogP) is 3.04. The van der Waals surface area contributed by atoms with Crippen molar-refractivity contribution in [3.05, 3.63) is 89.5 Å². The minimum absolute atomic E-state index is 0.0834. The number of carbonyl (C=O) groups is 1. The molecule has 1 amide bonds. The van der Waals surface area contributed by atoms with Crippen molar-refractivity contribution in [2.75, 3.05) is 7.11 Å². The average Bonchev–Trinajstić information content (AvgIpc) is 3.35. The Hall–Kier alpha value is -3.88. The van der Waals surface area contributed by atoms with E-state index in [0.29, 0.717) is 30.1 Å². The van der Waals surface area contributed by atoms with Crippen LogP contribution in [0.3, 0.4) is 0 Å². The summed E-state index contributed by atoms with van der Waals surface area (Å²) in [4.78, 5) is 12.5. The van der Waals surface area contributed by atoms with Crippen molar-refractivity contribution in [1.82, 2.24) is 16.3 Å². The number of hydrazone groups is 1. The van der Waals surface area contributed by atoms with Gasteiger partial charge in [-0.1, -0.05) is 48.5 Å². The lowest BCUT2D eigenvalue weighted by molar-refractivity contribution is -0.122. The van der Waals surface area contributed by atoms with Crippen LogP contribution in [0.5, 0.6) is 17.2 Å². The number of nitrogens with one attached hydrogen (secondary N) is 3. The first kappa shape index (κ1) is 22.3. The zero-order chi connectivity index (χ0) is 23.0. The molecule has 4 rings (SSSR count). The molecule has 0 radical (unpaired) electrons. The Kier molecular flexibility index (Phi) is 7.19. The number of rotatable bonds is 8. The Labute approximate surface area is 192 Å². The highest BCUT2D eigenvalue weighted by molar-refractivity contribution is 5.86. The van der Waals surface area contributed by atoms with Crippen molar-refractivity contribution in [1.29, 1.82) is 0 Å². The van der Waals surface area contributed by atoms with E-state index in [-0.39, 0.29) is 17.7 Å². The van der Waals surface area contributed by atoms with Crippen molar-refractivity contribution in [2.45, 2.75) is 25.1 Å². The van der Waals surface area contributed by atoms with Crippen LogP contribution in [0, 0.1) is 0 Å². The highest BCUT2D eigenvalue weighted by Gasteiger charge is 2.30. The van der Waals surface area contributed by atoms with E-state index in [1.54, 1.807) is 31.4 Å². The third-order valence-corrected chi connectivity index (χ3v) is 5.36. The molecule has 2 unspecified atom stereocenters. The first-order valence-corrected chi connectivity index (χ1v) is 10.6. The second-order valence-corrected chi connectivity index (χ2v) is 7.61. The molecule has 170 valence electrons. The number of carbonyl (C=O) groups excluding carboxylic acids is 1. The van der Waals surface area contributed by atoms with E-state index in [2.05, 4.69) is 21.4 Å². The van der Waals surface area contributed by atoms with Crippen LogP contribution >= 0.6 is 0 Å². The maximum absolute atomic E-state index is 12.5. The van der Waals surface area contributed by atoms with Gasteiger partial charge in [-0.3, -0.25) is 4.79 Å². The fraction of sp³-hybridized carbons (Fsp3) is 0.200. The summed E-state index contributed by atoms with van der Waals surface area (Å²) >= 11 is 0. The van der Waals surface area contributed by atoms with Gasteiger partial charge >= 0.3 is 0 Å². The molecule has 1 fully saturated rings. The van der Waals surface area contributed by atoms with Gasteiger partial charge in [-0.25, -0.2) is 16.3 Å². The Morgan fingerprint density at radius 2 is 1.88 bits per heavy atom. The number of phenolic OH excluding ortho intramolecular Hbond substituents is 1. The van der Waals surface area contributed by atoms with Crippen molar-refractivity contribution in [3.63, 3.8) is 0 Å². The van der Waals surface area contributed by atoms with E-state index < -0.39 is 6.04 Å². The first-order valence-electron chi connectivity index (χ1n) is 10.6. The Balaban J connectivity index is 1.34. The Morgan fingerprint density at radius 3 is 2.67 bits per heavy atom. The SMILES string of the molecule is COc1cc(C2CC(C(=O)N/N=C/c3ccccc3O)NN2)ccc1OCc1ccccc1. The third-order valence-electron chi connectivity index (χ3n) is 5.36. The number of hydrogen-bond donors (Lipinski definition) is 4. The summed E-state index contributed by atoms with van der Waals surface area (Å²) in [5.74, 6) is 1.11. The minimum atomic E-state index is -0.462. The molecule has 0 aliphatic carbocycles. The normalized spacial score (nSPS) is 17.7. The van der Waals surface area contributed by atoms with Gasteiger partial charge in [0.1, 0.15) is 18.4 Å². The van der Waals surface area contributed by atoms with E-state index in [4.69, 9.17) is 9.47 Å². The Bertz CT molecular complexity index is 1120. The molecule has 1 heterocycles. The van der Waals surface area contributed by atoms with Gasteiger partial charge in [0.25, 0.3) is 5.91 Å². The molecule has 1 aliphatic heterocycles. The minimum Gasteiger partial charge on any atom is -0.507 e. The standard InChI is InChI=1S/C25H26N4O4/c1-32-24-13-18(11-12-23(24)33-16-17-7-3-2-4-8-17)20-14-21(28-27-20)25(31)29-26-15-19-9-5-6-10-22(19)30/h2-13,15,20-21,27-28,30H,14,16H2,1H3,(H,29,31)/b26-15+. The van der Waals surface area contributed by atoms with Crippen molar-refractivity contribution in [2.24, 2.45) is 5.10 Å². The fourth-order valence-corrected chi connectivity index (χ4v) is 3.54. The smallest absolute Gasteiger partial charge is 0.258 e. The van der Waals surface area contributed by atoms with Crippen LogP contribution in [0.25, 0.3) is 0 Å². The van der Waals surface area contributed by atoms with Gasteiger partial charge in [-0.15, -0.1) is 0 Å². The molecule has 0 aromatic heterocycles. The number of aromatic hydroxyl groups is 1. The predicted molar refractivity (Wildman–Crippen MR) is 125 cm³/mol. The molecule has 8 heteroatoms. The van der Waals surface area contributed by atoms with Gasteiger partial charge in [0, 0.05) is 11.6 Å². The number of ether oxygens (including phenoxy) is 2. The number of para-hydroxylation sites is 1. The lowest BCUT2D eigenvalue weighted by Gasteiger charge is -2.15. The van der Waals surface area contributed by atoms with E-state index >= 15 is 0 Å². The number of nitrogens with zero attached hydrogens (tertiary/aromatic N) is 1. The number of benzene rings is 3. The maximum Gasteiger partial charge on any atom is 0.258 e. The molecule has 8 nitrogen and oxygen atoms in total. The topological polar surface area (TPSA) is 104 Å². The van der Waals surface area contributed by atoms with E-state index in [1.807, 2.05) is 48.5 Å². The van der Waals surface area contributed by atoms with Crippen LogP contribution in [-0.4, -0.2) is 30.4 Å². The van der Waals surface area contributed by atoms with Gasteiger partial charge in [-0.2, -0.15) is 5.10 Å². The number of amides is 1. The van der Waals surface area contributed by atoms with E-state index in [0.717, 1.165) is 11.1 Å². The molecule has 1 aliphatic rings. The van der Waals surface area contributed by atoms with Gasteiger partial charge in [0.15, 0.2) is 11.5 Å². The van der Waals surface area contributed by atoms with Crippen LogP contribution in [0.15, 0.2) is 77.9 Å². The van der Waals surface area contributed by atoms with Crippen LogP contribution in [-0.2, 0) is 11.4 Å². The zero-order valence-electron chi connectivity index (χ0n) is 18.2. The monoisotopic (exact) mass is 446 g/mol. The summed E-state index contributed by atoms with van der Waals surface area (Å²) in [7, 11) is 1.60. The molecule has 0 bridgehead atoms. The fourth-order valence-electron chi connectivity index (χ4n) is 3.54. The lowest BCUT2D eigenvalue weighted by Crippen LogP contribution is -2.41. The summed E-state index contributed by atoms with van der Waals surface area (Å²) in [6, 6.07) is 21.9. The van der Waals surface area contributed by atoms with Crippen LogP contribution in [0.1, 0.15) is 29.2 Å². The summed E-state index contributed by atoms with van der Waals surface area (Å²) in [6.45, 7) is 0.448. The van der Waals surface area contributed by atoms with Gasteiger partial charge in [0.2, 0.25) is 0 Å².